The van der Waals surface area contributed by atoms with Crippen molar-refractivity contribution < 1.29 is 18.3 Å². The highest BCUT2D eigenvalue weighted by Gasteiger charge is 2.57. The first-order valence-corrected chi connectivity index (χ1v) is 9.54. The Labute approximate surface area is 188 Å². The Bertz CT molecular complexity index is 636. The van der Waals surface area contributed by atoms with E-state index in [1.165, 1.54) is 24.0 Å². The van der Waals surface area contributed by atoms with Crippen LogP contribution in [0.1, 0.15) is 44.9 Å². The smallest absolute Gasteiger partial charge is 0.374 e. The number of nitrogens with one attached hydrogen (secondary N) is 1. The van der Waals surface area contributed by atoms with E-state index >= 15 is 0 Å². The van der Waals surface area contributed by atoms with Gasteiger partial charge in [-0.15, -0.1) is 30.6 Å². The van der Waals surface area contributed by atoms with E-state index in [0.29, 0.717) is 12.5 Å². The third kappa shape index (κ3) is 8.15. The molecule has 0 saturated heterocycles. The maximum absolute atomic E-state index is 13.6. The number of hydrogen-bond donors (Lipinski definition) is 2. The van der Waals surface area contributed by atoms with Gasteiger partial charge in [0.2, 0.25) is 5.60 Å². The standard InChI is InChI=1S/C19H32F3N5O.HI/c1-5-7-8-9-10-14-27(4)17(23-6-2)25-12-11-18(28,19(20,21)22)16-24-13-15-26(16)3;/h5,13,15,28H,1,6-12,14H2,2-4H3,(H,23,25);1H. The van der Waals surface area contributed by atoms with Gasteiger partial charge in [0.15, 0.2) is 5.96 Å². The monoisotopic (exact) mass is 531 g/mol. The number of aromatic nitrogens is 2. The average molecular weight is 531 g/mol. The van der Waals surface area contributed by atoms with Gasteiger partial charge in [-0.25, -0.2) is 4.98 Å². The van der Waals surface area contributed by atoms with Gasteiger partial charge in [-0.1, -0.05) is 12.5 Å². The predicted molar refractivity (Wildman–Crippen MR) is 120 cm³/mol. The minimum atomic E-state index is -4.85. The molecule has 0 spiro atoms. The van der Waals surface area contributed by atoms with E-state index in [-0.39, 0.29) is 30.5 Å². The van der Waals surface area contributed by atoms with E-state index in [1.807, 2.05) is 24.9 Å². The number of unbranched alkanes of at least 4 members (excludes halogenated alkanes) is 3. The summed E-state index contributed by atoms with van der Waals surface area (Å²) < 4.78 is 41.9. The quantitative estimate of drug-likeness (QED) is 0.150. The lowest BCUT2D eigenvalue weighted by Gasteiger charge is -2.29. The van der Waals surface area contributed by atoms with Crippen molar-refractivity contribution in [2.45, 2.75) is 50.8 Å². The molecule has 1 aromatic heterocycles. The van der Waals surface area contributed by atoms with Crippen LogP contribution in [0.3, 0.4) is 0 Å². The summed E-state index contributed by atoms with van der Waals surface area (Å²) in [5, 5.41) is 13.5. The Kier molecular flexibility index (Phi) is 12.5. The molecule has 1 heterocycles. The zero-order chi connectivity index (χ0) is 21.2. The van der Waals surface area contributed by atoms with Crippen LogP contribution in [0.25, 0.3) is 0 Å². The lowest BCUT2D eigenvalue weighted by atomic mass is 9.98. The Morgan fingerprint density at radius 2 is 2.07 bits per heavy atom. The summed E-state index contributed by atoms with van der Waals surface area (Å²) in [5.74, 6) is 0.0892. The average Bonchev–Trinajstić information content (AvgIpc) is 3.06. The van der Waals surface area contributed by atoms with E-state index in [4.69, 9.17) is 0 Å². The number of rotatable bonds is 11. The number of imidazole rings is 1. The number of aliphatic hydroxyl groups is 1. The molecule has 0 saturated carbocycles. The number of alkyl halides is 3. The number of aliphatic imine (C=N–C) groups is 1. The molecule has 1 aromatic rings. The third-order valence-electron chi connectivity index (χ3n) is 4.49. The minimum absolute atomic E-state index is 0. The van der Waals surface area contributed by atoms with Gasteiger partial charge in [-0.2, -0.15) is 13.2 Å². The first-order valence-electron chi connectivity index (χ1n) is 9.54. The van der Waals surface area contributed by atoms with Gasteiger partial charge in [0.25, 0.3) is 0 Å². The number of halogens is 4. The maximum Gasteiger partial charge on any atom is 0.424 e. The first-order chi connectivity index (χ1) is 13.2. The number of aryl methyl sites for hydroxylation is 1. The molecule has 0 aliphatic rings. The second kappa shape index (κ2) is 13.1. The second-order valence-corrected chi connectivity index (χ2v) is 6.77. The van der Waals surface area contributed by atoms with Crippen LogP contribution in [-0.2, 0) is 12.6 Å². The summed E-state index contributed by atoms with van der Waals surface area (Å²) in [4.78, 5) is 9.88. The van der Waals surface area contributed by atoms with Gasteiger partial charge in [0.1, 0.15) is 5.82 Å². The van der Waals surface area contributed by atoms with Crippen molar-refractivity contribution in [1.29, 1.82) is 0 Å². The van der Waals surface area contributed by atoms with Gasteiger partial charge >= 0.3 is 6.18 Å². The van der Waals surface area contributed by atoms with Crippen molar-refractivity contribution in [3.8, 4) is 0 Å². The molecule has 1 unspecified atom stereocenters. The fourth-order valence-electron chi connectivity index (χ4n) is 2.86. The predicted octanol–water partition coefficient (Wildman–Crippen LogP) is 3.82. The molecular weight excluding hydrogens is 498 g/mol. The molecule has 1 atom stereocenters. The molecule has 1 rings (SSSR count). The highest BCUT2D eigenvalue weighted by molar-refractivity contribution is 14.0. The molecule has 0 radical (unpaired) electrons. The third-order valence-corrected chi connectivity index (χ3v) is 4.49. The second-order valence-electron chi connectivity index (χ2n) is 6.77. The van der Waals surface area contributed by atoms with E-state index in [0.717, 1.165) is 32.2 Å². The lowest BCUT2D eigenvalue weighted by Crippen LogP contribution is -2.45. The van der Waals surface area contributed by atoms with Gasteiger partial charge in [0, 0.05) is 52.5 Å². The molecule has 168 valence electrons. The van der Waals surface area contributed by atoms with Crippen LogP contribution in [0.5, 0.6) is 0 Å². The van der Waals surface area contributed by atoms with Crippen molar-refractivity contribution in [3.63, 3.8) is 0 Å². The molecule has 0 aliphatic heterocycles. The highest BCUT2D eigenvalue weighted by atomic mass is 127. The number of nitrogens with zero attached hydrogens (tertiary/aromatic N) is 4. The van der Waals surface area contributed by atoms with Crippen LogP contribution in [0.15, 0.2) is 30.0 Å². The summed E-state index contributed by atoms with van der Waals surface area (Å²) in [6.07, 6.45) is 3.07. The summed E-state index contributed by atoms with van der Waals surface area (Å²) in [7, 11) is 3.27. The Morgan fingerprint density at radius 3 is 2.59 bits per heavy atom. The molecule has 29 heavy (non-hydrogen) atoms. The van der Waals surface area contributed by atoms with E-state index in [9.17, 15) is 18.3 Å². The SMILES string of the molecule is C=CCCCCCN(C)C(=NCCC(O)(c1nccn1C)C(F)(F)F)NCC.I. The van der Waals surface area contributed by atoms with E-state index in [2.05, 4.69) is 21.9 Å². The fraction of sp³-hybridized carbons (Fsp3) is 0.684. The lowest BCUT2D eigenvalue weighted by molar-refractivity contribution is -0.272. The van der Waals surface area contributed by atoms with Crippen molar-refractivity contribution in [2.75, 3.05) is 26.7 Å². The zero-order valence-corrected chi connectivity index (χ0v) is 19.7. The van der Waals surface area contributed by atoms with Crippen molar-refractivity contribution in [1.82, 2.24) is 19.8 Å². The molecule has 6 nitrogen and oxygen atoms in total. The Morgan fingerprint density at radius 1 is 1.38 bits per heavy atom. The number of allylic oxidation sites excluding steroid dienone is 1. The number of hydrogen-bond acceptors (Lipinski definition) is 3. The molecular formula is C19H33F3IN5O. The molecule has 2 N–H and O–H groups in total. The highest BCUT2D eigenvalue weighted by Crippen LogP contribution is 2.40. The van der Waals surface area contributed by atoms with Crippen molar-refractivity contribution in [3.05, 3.63) is 30.9 Å². The summed E-state index contributed by atoms with van der Waals surface area (Å²) in [5.41, 5.74) is -3.05. The van der Waals surface area contributed by atoms with Gasteiger partial charge < -0.3 is 19.9 Å². The molecule has 0 amide bonds. The van der Waals surface area contributed by atoms with Crippen LogP contribution in [0, 0.1) is 0 Å². The Balaban J connectivity index is 0.00000784. The zero-order valence-electron chi connectivity index (χ0n) is 17.4. The van der Waals surface area contributed by atoms with Gasteiger partial charge in [-0.05, 0) is 26.2 Å². The number of guanidine groups is 1. The van der Waals surface area contributed by atoms with Crippen LogP contribution in [0.2, 0.25) is 0 Å². The summed E-state index contributed by atoms with van der Waals surface area (Å²) >= 11 is 0. The van der Waals surface area contributed by atoms with Crippen molar-refractivity contribution in [2.24, 2.45) is 12.0 Å². The summed E-state index contributed by atoms with van der Waals surface area (Å²) in [6, 6.07) is 0. The first kappa shape index (κ1) is 27.7. The molecule has 0 bridgehead atoms. The molecule has 10 heteroatoms. The topological polar surface area (TPSA) is 65.7 Å². The van der Waals surface area contributed by atoms with Crippen LogP contribution >= 0.6 is 24.0 Å². The van der Waals surface area contributed by atoms with Crippen molar-refractivity contribution >= 4 is 29.9 Å². The largest absolute Gasteiger partial charge is 0.424 e. The maximum atomic E-state index is 13.6. The van der Waals surface area contributed by atoms with Crippen LogP contribution in [-0.4, -0.2) is 58.4 Å². The Hall–Kier alpha value is -1.30. The van der Waals surface area contributed by atoms with Crippen LogP contribution < -0.4 is 5.32 Å². The normalized spacial score (nSPS) is 14.1. The van der Waals surface area contributed by atoms with Gasteiger partial charge in [0.05, 0.1) is 0 Å². The summed E-state index contributed by atoms with van der Waals surface area (Å²) in [6.45, 7) is 6.74. The van der Waals surface area contributed by atoms with Crippen LogP contribution in [0.4, 0.5) is 13.2 Å². The molecule has 0 aliphatic carbocycles. The van der Waals surface area contributed by atoms with E-state index in [1.54, 1.807) is 0 Å². The van der Waals surface area contributed by atoms with Gasteiger partial charge in [-0.3, -0.25) is 4.99 Å². The molecule has 0 fully saturated rings. The molecule has 0 aromatic carbocycles. The fourth-order valence-corrected chi connectivity index (χ4v) is 2.86. The minimum Gasteiger partial charge on any atom is -0.374 e. The van der Waals surface area contributed by atoms with E-state index < -0.39 is 24.0 Å².